The smallest absolute Gasteiger partial charge is 0.317 e. The molecule has 7 nitrogen and oxygen atoms in total. The lowest BCUT2D eigenvalue weighted by atomic mass is 10.0. The van der Waals surface area contributed by atoms with Crippen molar-refractivity contribution >= 4 is 6.03 Å². The second-order valence-corrected chi connectivity index (χ2v) is 4.41. The van der Waals surface area contributed by atoms with Crippen LogP contribution in [0.5, 0.6) is 0 Å². The van der Waals surface area contributed by atoms with E-state index in [1.165, 1.54) is 0 Å². The molecule has 1 aromatic rings. The summed E-state index contributed by atoms with van der Waals surface area (Å²) in [6.45, 7) is 3.32. The van der Waals surface area contributed by atoms with Crippen molar-refractivity contribution in [3.05, 3.63) is 11.6 Å². The van der Waals surface area contributed by atoms with Gasteiger partial charge in [0.2, 0.25) is 0 Å². The summed E-state index contributed by atoms with van der Waals surface area (Å²) in [5.41, 5.74) is 0. The Morgan fingerprint density at radius 3 is 3.22 bits per heavy atom. The van der Waals surface area contributed by atoms with Crippen LogP contribution in [0.1, 0.15) is 24.5 Å². The molecule has 1 aliphatic rings. The van der Waals surface area contributed by atoms with Crippen molar-refractivity contribution in [3.8, 4) is 6.07 Å². The number of aromatic nitrogens is 3. The Morgan fingerprint density at radius 1 is 1.72 bits per heavy atom. The molecule has 0 aromatic carbocycles. The number of urea groups is 1. The maximum Gasteiger partial charge on any atom is 0.317 e. The number of hydrogen-bond acceptors (Lipinski definition) is 4. The first kappa shape index (κ1) is 12.4. The van der Waals surface area contributed by atoms with E-state index in [9.17, 15) is 4.79 Å². The summed E-state index contributed by atoms with van der Waals surface area (Å²) in [7, 11) is 0. The highest BCUT2D eigenvalue weighted by Gasteiger charge is 2.23. The van der Waals surface area contributed by atoms with E-state index < -0.39 is 0 Å². The van der Waals surface area contributed by atoms with Crippen molar-refractivity contribution in [1.29, 1.82) is 5.26 Å². The summed E-state index contributed by atoms with van der Waals surface area (Å²) in [4.78, 5) is 17.7. The van der Waals surface area contributed by atoms with Crippen molar-refractivity contribution in [2.75, 3.05) is 13.1 Å². The van der Waals surface area contributed by atoms with Crippen LogP contribution in [0.2, 0.25) is 0 Å². The quantitative estimate of drug-likeness (QED) is 0.798. The number of carbonyl (C=O) groups excluding carboxylic acids is 1. The zero-order chi connectivity index (χ0) is 13.0. The van der Waals surface area contributed by atoms with Crippen LogP contribution >= 0.6 is 0 Å². The van der Waals surface area contributed by atoms with E-state index in [-0.39, 0.29) is 11.9 Å². The van der Waals surface area contributed by atoms with Gasteiger partial charge in [0.15, 0.2) is 5.82 Å². The van der Waals surface area contributed by atoms with Crippen molar-refractivity contribution in [1.82, 2.24) is 25.4 Å². The first-order valence-electron chi connectivity index (χ1n) is 5.99. The van der Waals surface area contributed by atoms with E-state index in [4.69, 9.17) is 5.26 Å². The van der Waals surface area contributed by atoms with E-state index in [1.54, 1.807) is 11.8 Å². The summed E-state index contributed by atoms with van der Waals surface area (Å²) >= 11 is 0. The fraction of sp³-hybridized carbons (Fsp3) is 0.636. The topological polar surface area (TPSA) is 97.7 Å². The number of aryl methyl sites for hydroxylation is 1. The van der Waals surface area contributed by atoms with E-state index in [1.807, 2.05) is 0 Å². The molecular formula is C11H16N6O. The third-order valence-corrected chi connectivity index (χ3v) is 2.93. The predicted molar refractivity (Wildman–Crippen MR) is 63.3 cm³/mol. The lowest BCUT2D eigenvalue weighted by Crippen LogP contribution is -2.45. The van der Waals surface area contributed by atoms with Crippen LogP contribution in [0.4, 0.5) is 4.79 Å². The summed E-state index contributed by atoms with van der Waals surface area (Å²) in [5, 5.41) is 18.3. The van der Waals surface area contributed by atoms with Gasteiger partial charge < -0.3 is 10.2 Å². The van der Waals surface area contributed by atoms with E-state index in [0.29, 0.717) is 25.5 Å². The largest absolute Gasteiger partial charge is 0.331 e. The Balaban J connectivity index is 1.82. The van der Waals surface area contributed by atoms with Crippen LogP contribution in [0.15, 0.2) is 0 Å². The SMILES string of the molecule is Cc1nc(CNC(=O)N2CCCC(C#N)C2)n[nH]1. The molecule has 18 heavy (non-hydrogen) atoms. The van der Waals surface area contributed by atoms with Gasteiger partial charge >= 0.3 is 6.03 Å². The van der Waals surface area contributed by atoms with E-state index >= 15 is 0 Å². The van der Waals surface area contributed by atoms with Gasteiger partial charge in [0.25, 0.3) is 0 Å². The highest BCUT2D eigenvalue weighted by Crippen LogP contribution is 2.15. The van der Waals surface area contributed by atoms with Crippen molar-refractivity contribution in [2.24, 2.45) is 5.92 Å². The molecule has 0 aliphatic carbocycles. The molecule has 96 valence electrons. The average molecular weight is 248 g/mol. The molecule has 2 N–H and O–H groups in total. The molecule has 1 aliphatic heterocycles. The van der Waals surface area contributed by atoms with Gasteiger partial charge in [-0.05, 0) is 19.8 Å². The second kappa shape index (κ2) is 5.49. The number of rotatable bonds is 2. The average Bonchev–Trinajstić information content (AvgIpc) is 2.82. The first-order chi connectivity index (χ1) is 8.69. The monoisotopic (exact) mass is 248 g/mol. The number of H-pyrrole nitrogens is 1. The summed E-state index contributed by atoms with van der Waals surface area (Å²) in [5.74, 6) is 1.24. The van der Waals surface area contributed by atoms with Crippen LogP contribution < -0.4 is 5.32 Å². The molecule has 1 fully saturated rings. The van der Waals surface area contributed by atoms with Gasteiger partial charge in [-0.2, -0.15) is 10.4 Å². The standard InChI is InChI=1S/C11H16N6O/c1-8-14-10(16-15-8)6-13-11(18)17-4-2-3-9(5-12)7-17/h9H,2-4,6-7H2,1H3,(H,13,18)(H,14,15,16). The van der Waals surface area contributed by atoms with Crippen LogP contribution in [0, 0.1) is 24.2 Å². The van der Waals surface area contributed by atoms with Crippen molar-refractivity contribution < 1.29 is 4.79 Å². The number of nitrogens with one attached hydrogen (secondary N) is 2. The summed E-state index contributed by atoms with van der Waals surface area (Å²) < 4.78 is 0. The van der Waals surface area contributed by atoms with Gasteiger partial charge in [-0.15, -0.1) is 0 Å². The number of amides is 2. The number of aromatic amines is 1. The summed E-state index contributed by atoms with van der Waals surface area (Å²) in [6.07, 6.45) is 1.76. The molecule has 2 heterocycles. The minimum atomic E-state index is -0.155. The molecule has 2 rings (SSSR count). The Morgan fingerprint density at radius 2 is 2.56 bits per heavy atom. The number of nitrogens with zero attached hydrogens (tertiary/aromatic N) is 4. The third-order valence-electron chi connectivity index (χ3n) is 2.93. The van der Waals surface area contributed by atoms with Gasteiger partial charge in [-0.3, -0.25) is 5.10 Å². The van der Waals surface area contributed by atoms with Crippen molar-refractivity contribution in [2.45, 2.75) is 26.3 Å². The first-order valence-corrected chi connectivity index (χ1v) is 5.99. The Bertz CT molecular complexity index is 462. The van der Waals surface area contributed by atoms with E-state index in [0.717, 1.165) is 18.7 Å². The van der Waals surface area contributed by atoms with Crippen LogP contribution in [-0.4, -0.2) is 39.2 Å². The normalized spacial score (nSPS) is 19.3. The molecule has 1 unspecified atom stereocenters. The number of likely N-dealkylation sites (tertiary alicyclic amines) is 1. The molecule has 2 amide bonds. The zero-order valence-corrected chi connectivity index (χ0v) is 10.3. The molecular weight excluding hydrogens is 232 g/mol. The Labute approximate surface area is 105 Å². The maximum atomic E-state index is 11.9. The second-order valence-electron chi connectivity index (χ2n) is 4.41. The molecule has 7 heteroatoms. The van der Waals surface area contributed by atoms with Crippen LogP contribution in [-0.2, 0) is 6.54 Å². The highest BCUT2D eigenvalue weighted by atomic mass is 16.2. The Kier molecular flexibility index (Phi) is 3.77. The number of nitriles is 1. The highest BCUT2D eigenvalue weighted by molar-refractivity contribution is 5.74. The lowest BCUT2D eigenvalue weighted by molar-refractivity contribution is 0.176. The van der Waals surface area contributed by atoms with Gasteiger partial charge in [0.1, 0.15) is 5.82 Å². The van der Waals surface area contributed by atoms with E-state index in [2.05, 4.69) is 26.6 Å². The fourth-order valence-corrected chi connectivity index (χ4v) is 2.00. The molecule has 1 saturated heterocycles. The lowest BCUT2D eigenvalue weighted by Gasteiger charge is -2.29. The maximum absolute atomic E-state index is 11.9. The minimum Gasteiger partial charge on any atom is -0.331 e. The molecule has 0 spiro atoms. The molecule has 1 aromatic heterocycles. The molecule has 0 saturated carbocycles. The fourth-order valence-electron chi connectivity index (χ4n) is 2.00. The number of piperidine rings is 1. The third kappa shape index (κ3) is 2.97. The van der Waals surface area contributed by atoms with Gasteiger partial charge in [0.05, 0.1) is 18.5 Å². The predicted octanol–water partition coefficient (Wildman–Crippen LogP) is 0.558. The molecule has 1 atom stereocenters. The van der Waals surface area contributed by atoms with Crippen LogP contribution in [0.25, 0.3) is 0 Å². The Hall–Kier alpha value is -2.10. The van der Waals surface area contributed by atoms with Gasteiger partial charge in [0, 0.05) is 13.1 Å². The van der Waals surface area contributed by atoms with Gasteiger partial charge in [-0.1, -0.05) is 0 Å². The summed E-state index contributed by atoms with van der Waals surface area (Å²) in [6, 6.07) is 2.06. The van der Waals surface area contributed by atoms with Gasteiger partial charge in [-0.25, -0.2) is 9.78 Å². The molecule has 0 bridgehead atoms. The zero-order valence-electron chi connectivity index (χ0n) is 10.3. The minimum absolute atomic E-state index is 0.0461. The number of carbonyl (C=O) groups is 1. The molecule has 0 radical (unpaired) electrons. The van der Waals surface area contributed by atoms with Crippen molar-refractivity contribution in [3.63, 3.8) is 0 Å². The number of hydrogen-bond donors (Lipinski definition) is 2. The van der Waals surface area contributed by atoms with Crippen LogP contribution in [0.3, 0.4) is 0 Å².